The molecule has 3 nitrogen and oxygen atoms in total. The zero-order valence-electron chi connectivity index (χ0n) is 7.59. The number of rotatable bonds is 1. The van der Waals surface area contributed by atoms with Crippen LogP contribution in [-0.2, 0) is 4.79 Å². The molecule has 0 aromatic carbocycles. The van der Waals surface area contributed by atoms with Gasteiger partial charge in [0.1, 0.15) is 5.38 Å². The van der Waals surface area contributed by atoms with Crippen LogP contribution in [0, 0.1) is 0 Å². The van der Waals surface area contributed by atoms with Gasteiger partial charge in [-0.1, -0.05) is 0 Å². The topological polar surface area (TPSA) is 23.6 Å². The van der Waals surface area contributed by atoms with E-state index in [-0.39, 0.29) is 11.3 Å². The molecule has 0 saturated carbocycles. The van der Waals surface area contributed by atoms with Gasteiger partial charge in [0.05, 0.1) is 0 Å². The summed E-state index contributed by atoms with van der Waals surface area (Å²) in [5, 5.41) is -0.381. The molecule has 0 aromatic heterocycles. The fourth-order valence-corrected chi connectivity index (χ4v) is 1.42. The van der Waals surface area contributed by atoms with Crippen LogP contribution >= 0.6 is 11.6 Å². The van der Waals surface area contributed by atoms with E-state index in [4.69, 9.17) is 11.6 Å². The Morgan fingerprint density at radius 3 is 2.25 bits per heavy atom. The molecule has 1 heterocycles. The van der Waals surface area contributed by atoms with Crippen molar-refractivity contribution in [1.82, 2.24) is 9.80 Å². The second-order valence-corrected chi connectivity index (χ2v) is 3.90. The average Bonchev–Trinajstić information content (AvgIpc) is 2.04. The first kappa shape index (κ1) is 9.81. The predicted octanol–water partition coefficient (Wildman–Crippen LogP) is 0.388. The van der Waals surface area contributed by atoms with Crippen LogP contribution in [0.2, 0.25) is 0 Å². The third kappa shape index (κ3) is 2.35. The summed E-state index contributed by atoms with van der Waals surface area (Å²) >= 11 is 5.69. The Labute approximate surface area is 78.3 Å². The SMILES string of the molecule is C[C@@H](Cl)C(=O)N1CCN(C)CC1. The molecule has 4 heteroatoms. The molecule has 1 saturated heterocycles. The zero-order valence-corrected chi connectivity index (χ0v) is 8.34. The number of halogens is 1. The molecule has 1 aliphatic rings. The van der Waals surface area contributed by atoms with Gasteiger partial charge >= 0.3 is 0 Å². The molecule has 1 amide bonds. The van der Waals surface area contributed by atoms with Crippen LogP contribution in [0.5, 0.6) is 0 Å². The quantitative estimate of drug-likeness (QED) is 0.559. The largest absolute Gasteiger partial charge is 0.339 e. The minimum Gasteiger partial charge on any atom is -0.339 e. The van der Waals surface area contributed by atoms with Crippen molar-refractivity contribution >= 4 is 17.5 Å². The predicted molar refractivity (Wildman–Crippen MR) is 49.4 cm³/mol. The molecule has 0 aromatic rings. The first-order valence-corrected chi connectivity index (χ1v) is 4.66. The first-order chi connectivity index (χ1) is 5.61. The highest BCUT2D eigenvalue weighted by molar-refractivity contribution is 6.30. The summed E-state index contributed by atoms with van der Waals surface area (Å²) in [4.78, 5) is 15.4. The molecular formula is C8H15ClN2O. The van der Waals surface area contributed by atoms with Gasteiger partial charge in [-0.25, -0.2) is 0 Å². The Hall–Kier alpha value is -0.280. The lowest BCUT2D eigenvalue weighted by Gasteiger charge is -2.33. The van der Waals surface area contributed by atoms with Gasteiger partial charge in [0, 0.05) is 26.2 Å². The molecule has 0 spiro atoms. The standard InChI is InChI=1S/C8H15ClN2O/c1-7(9)8(12)11-5-3-10(2)4-6-11/h7H,3-6H2,1-2H3/t7-/m1/s1. The molecule has 0 bridgehead atoms. The van der Waals surface area contributed by atoms with E-state index < -0.39 is 0 Å². The van der Waals surface area contributed by atoms with E-state index in [1.165, 1.54) is 0 Å². The average molecular weight is 191 g/mol. The van der Waals surface area contributed by atoms with Crippen molar-refractivity contribution in [1.29, 1.82) is 0 Å². The van der Waals surface area contributed by atoms with Crippen molar-refractivity contribution in [3.8, 4) is 0 Å². The van der Waals surface area contributed by atoms with E-state index in [0.717, 1.165) is 26.2 Å². The lowest BCUT2D eigenvalue weighted by Crippen LogP contribution is -2.48. The number of nitrogens with zero attached hydrogens (tertiary/aromatic N) is 2. The molecule has 0 aliphatic carbocycles. The molecule has 0 N–H and O–H groups in total. The highest BCUT2D eigenvalue weighted by atomic mass is 35.5. The maximum absolute atomic E-state index is 11.4. The van der Waals surface area contributed by atoms with Gasteiger partial charge in [-0.15, -0.1) is 11.6 Å². The number of carbonyl (C=O) groups is 1. The van der Waals surface area contributed by atoms with E-state index in [9.17, 15) is 4.79 Å². The van der Waals surface area contributed by atoms with Gasteiger partial charge in [-0.05, 0) is 14.0 Å². The normalized spacial score (nSPS) is 22.4. The molecule has 1 aliphatic heterocycles. The van der Waals surface area contributed by atoms with Crippen molar-refractivity contribution in [2.24, 2.45) is 0 Å². The van der Waals surface area contributed by atoms with E-state index in [1.54, 1.807) is 6.92 Å². The Bertz CT molecular complexity index is 164. The number of hydrogen-bond donors (Lipinski definition) is 0. The molecule has 0 radical (unpaired) electrons. The van der Waals surface area contributed by atoms with Gasteiger partial charge in [0.2, 0.25) is 5.91 Å². The summed E-state index contributed by atoms with van der Waals surface area (Å²) in [5.74, 6) is 0.0600. The molecule has 70 valence electrons. The van der Waals surface area contributed by atoms with Crippen LogP contribution in [0.4, 0.5) is 0 Å². The number of carbonyl (C=O) groups excluding carboxylic acids is 1. The maximum atomic E-state index is 11.4. The summed E-state index contributed by atoms with van der Waals surface area (Å²) in [6, 6.07) is 0. The highest BCUT2D eigenvalue weighted by Crippen LogP contribution is 2.05. The minimum absolute atomic E-state index is 0.0600. The van der Waals surface area contributed by atoms with Crippen LogP contribution in [0.25, 0.3) is 0 Å². The zero-order chi connectivity index (χ0) is 9.14. The molecule has 1 atom stereocenters. The second kappa shape index (κ2) is 4.10. The monoisotopic (exact) mass is 190 g/mol. The third-order valence-corrected chi connectivity index (χ3v) is 2.34. The fraction of sp³-hybridized carbons (Fsp3) is 0.875. The van der Waals surface area contributed by atoms with Crippen LogP contribution < -0.4 is 0 Å². The van der Waals surface area contributed by atoms with Gasteiger partial charge in [-0.3, -0.25) is 4.79 Å². The summed E-state index contributed by atoms with van der Waals surface area (Å²) in [6.07, 6.45) is 0. The van der Waals surface area contributed by atoms with Crippen LogP contribution in [-0.4, -0.2) is 54.3 Å². The Morgan fingerprint density at radius 2 is 1.83 bits per heavy atom. The first-order valence-electron chi connectivity index (χ1n) is 4.22. The van der Waals surface area contributed by atoms with Gasteiger partial charge < -0.3 is 9.80 Å². The van der Waals surface area contributed by atoms with Gasteiger partial charge in [0.15, 0.2) is 0 Å². The molecular weight excluding hydrogens is 176 g/mol. The summed E-state index contributed by atoms with van der Waals surface area (Å²) in [6.45, 7) is 5.26. The lowest BCUT2D eigenvalue weighted by molar-refractivity contribution is -0.132. The van der Waals surface area contributed by atoms with Crippen molar-refractivity contribution in [3.05, 3.63) is 0 Å². The number of hydrogen-bond acceptors (Lipinski definition) is 2. The number of likely N-dealkylation sites (N-methyl/N-ethyl adjacent to an activating group) is 1. The maximum Gasteiger partial charge on any atom is 0.240 e. The van der Waals surface area contributed by atoms with Crippen LogP contribution in [0.3, 0.4) is 0 Å². The second-order valence-electron chi connectivity index (χ2n) is 3.24. The summed E-state index contributed by atoms with van der Waals surface area (Å²) in [7, 11) is 2.06. The van der Waals surface area contributed by atoms with Crippen molar-refractivity contribution < 1.29 is 4.79 Å². The molecule has 0 unspecified atom stereocenters. The fourth-order valence-electron chi connectivity index (χ4n) is 1.28. The van der Waals surface area contributed by atoms with Gasteiger partial charge in [-0.2, -0.15) is 0 Å². The van der Waals surface area contributed by atoms with Crippen molar-refractivity contribution in [3.63, 3.8) is 0 Å². The Morgan fingerprint density at radius 1 is 1.33 bits per heavy atom. The van der Waals surface area contributed by atoms with Crippen molar-refractivity contribution in [2.45, 2.75) is 12.3 Å². The molecule has 1 fully saturated rings. The van der Waals surface area contributed by atoms with E-state index in [0.29, 0.717) is 0 Å². The van der Waals surface area contributed by atoms with Crippen LogP contribution in [0.1, 0.15) is 6.92 Å². The van der Waals surface area contributed by atoms with E-state index in [2.05, 4.69) is 11.9 Å². The van der Waals surface area contributed by atoms with Gasteiger partial charge in [0.25, 0.3) is 0 Å². The third-order valence-electron chi connectivity index (χ3n) is 2.16. The lowest BCUT2D eigenvalue weighted by atomic mass is 10.3. The van der Waals surface area contributed by atoms with E-state index in [1.807, 2.05) is 4.90 Å². The van der Waals surface area contributed by atoms with Crippen molar-refractivity contribution in [2.75, 3.05) is 33.2 Å². The number of alkyl halides is 1. The summed E-state index contributed by atoms with van der Waals surface area (Å²) < 4.78 is 0. The van der Waals surface area contributed by atoms with E-state index >= 15 is 0 Å². The molecule has 1 rings (SSSR count). The highest BCUT2D eigenvalue weighted by Gasteiger charge is 2.21. The Kier molecular flexibility index (Phi) is 3.35. The smallest absolute Gasteiger partial charge is 0.240 e. The summed E-state index contributed by atoms with van der Waals surface area (Å²) in [5.41, 5.74) is 0. The number of piperazine rings is 1. The molecule has 12 heavy (non-hydrogen) atoms. The minimum atomic E-state index is -0.381. The number of amides is 1. The van der Waals surface area contributed by atoms with Crippen LogP contribution in [0.15, 0.2) is 0 Å². The Balaban J connectivity index is 2.39.